The molecule has 0 radical (unpaired) electrons. The molecule has 3 nitrogen and oxygen atoms in total. The molecule has 0 aliphatic heterocycles. The van der Waals surface area contributed by atoms with Gasteiger partial charge in [-0.05, 0) is 31.3 Å². The summed E-state index contributed by atoms with van der Waals surface area (Å²) in [7, 11) is 0. The molecule has 2 heterocycles. The van der Waals surface area contributed by atoms with E-state index in [1.807, 2.05) is 54.2 Å². The minimum absolute atomic E-state index is 0.671. The lowest BCUT2D eigenvalue weighted by Crippen LogP contribution is -1.98. The molecule has 94 valence electrons. The summed E-state index contributed by atoms with van der Waals surface area (Å²) < 4.78 is 2.67. The van der Waals surface area contributed by atoms with Gasteiger partial charge in [-0.25, -0.2) is 0 Å². The Bertz CT molecular complexity index is 739. The number of hydrogen-bond donors (Lipinski definition) is 1. The molecule has 0 spiro atoms. The quantitative estimate of drug-likeness (QED) is 0.714. The normalized spacial score (nSPS) is 10.6. The van der Waals surface area contributed by atoms with E-state index >= 15 is 0 Å². The summed E-state index contributed by atoms with van der Waals surface area (Å²) in [5.74, 6) is 0. The largest absolute Gasteiger partial charge is 0.336 e. The van der Waals surface area contributed by atoms with Crippen LogP contribution in [-0.4, -0.2) is 14.5 Å². The molecule has 19 heavy (non-hydrogen) atoms. The van der Waals surface area contributed by atoms with Gasteiger partial charge in [0.1, 0.15) is 0 Å². The number of pyridine rings is 1. The summed E-state index contributed by atoms with van der Waals surface area (Å²) in [6.45, 7) is 1.97. The highest BCUT2D eigenvalue weighted by Gasteiger charge is 2.08. The number of H-pyrrole nitrogens is 1. The van der Waals surface area contributed by atoms with Gasteiger partial charge in [0.25, 0.3) is 0 Å². The Balaban J connectivity index is 2.19. The van der Waals surface area contributed by atoms with E-state index in [0.29, 0.717) is 4.77 Å². The van der Waals surface area contributed by atoms with Crippen LogP contribution in [0.3, 0.4) is 0 Å². The molecule has 0 saturated heterocycles. The smallest absolute Gasteiger partial charge is 0.182 e. The molecule has 0 unspecified atom stereocenters. The van der Waals surface area contributed by atoms with Gasteiger partial charge in [0.2, 0.25) is 0 Å². The van der Waals surface area contributed by atoms with Crippen molar-refractivity contribution in [1.29, 1.82) is 0 Å². The zero-order chi connectivity index (χ0) is 13.2. The zero-order valence-electron chi connectivity index (χ0n) is 10.5. The Hall–Kier alpha value is -2.20. The van der Waals surface area contributed by atoms with Gasteiger partial charge in [0.15, 0.2) is 4.77 Å². The summed E-state index contributed by atoms with van der Waals surface area (Å²) in [4.78, 5) is 7.43. The Labute approximate surface area is 116 Å². The third-order valence-electron chi connectivity index (χ3n) is 3.00. The van der Waals surface area contributed by atoms with Crippen LogP contribution in [0.25, 0.3) is 16.9 Å². The summed E-state index contributed by atoms with van der Waals surface area (Å²) >= 11 is 5.37. The fourth-order valence-electron chi connectivity index (χ4n) is 2.04. The molecule has 0 atom stereocenters. The topological polar surface area (TPSA) is 33.6 Å². The number of aryl methyl sites for hydroxylation is 1. The van der Waals surface area contributed by atoms with E-state index in [0.717, 1.165) is 22.6 Å². The van der Waals surface area contributed by atoms with Crippen molar-refractivity contribution in [2.24, 2.45) is 0 Å². The molecule has 0 bridgehead atoms. The maximum atomic E-state index is 5.37. The molecule has 3 aromatic rings. The van der Waals surface area contributed by atoms with Crippen LogP contribution in [0, 0.1) is 11.7 Å². The van der Waals surface area contributed by atoms with Crippen LogP contribution in [0.2, 0.25) is 0 Å². The van der Waals surface area contributed by atoms with Crippen LogP contribution in [0.4, 0.5) is 0 Å². The second-order valence-corrected chi connectivity index (χ2v) is 4.72. The highest BCUT2D eigenvalue weighted by molar-refractivity contribution is 7.71. The van der Waals surface area contributed by atoms with Crippen molar-refractivity contribution in [1.82, 2.24) is 14.5 Å². The van der Waals surface area contributed by atoms with Gasteiger partial charge in [0, 0.05) is 17.5 Å². The van der Waals surface area contributed by atoms with Crippen molar-refractivity contribution >= 4 is 12.2 Å². The van der Waals surface area contributed by atoms with Crippen molar-refractivity contribution in [2.75, 3.05) is 0 Å². The lowest BCUT2D eigenvalue weighted by Gasteiger charge is -2.08. The second kappa shape index (κ2) is 4.82. The Kier molecular flexibility index (Phi) is 3.01. The molecule has 3 rings (SSSR count). The number of aromatic nitrogens is 3. The van der Waals surface area contributed by atoms with Gasteiger partial charge in [-0.1, -0.05) is 30.3 Å². The van der Waals surface area contributed by atoms with E-state index in [-0.39, 0.29) is 0 Å². The summed E-state index contributed by atoms with van der Waals surface area (Å²) in [5.41, 5.74) is 4.12. The standard InChI is InChI=1S/C15H13N3S/c1-11-7-8-13(9-16-11)18-14(10-17-15(18)19)12-5-3-2-4-6-12/h2-10H,1H3,(H,17,19). The van der Waals surface area contributed by atoms with Gasteiger partial charge < -0.3 is 4.98 Å². The first kappa shape index (κ1) is 11.9. The number of imidazole rings is 1. The van der Waals surface area contributed by atoms with Crippen molar-refractivity contribution < 1.29 is 0 Å². The van der Waals surface area contributed by atoms with Gasteiger partial charge in [-0.2, -0.15) is 0 Å². The summed E-state index contributed by atoms with van der Waals surface area (Å²) in [5, 5.41) is 0. The van der Waals surface area contributed by atoms with Crippen molar-refractivity contribution in [3.63, 3.8) is 0 Å². The first-order valence-electron chi connectivity index (χ1n) is 6.04. The lowest BCUT2D eigenvalue weighted by atomic mass is 10.1. The van der Waals surface area contributed by atoms with Gasteiger partial charge in [-0.15, -0.1) is 0 Å². The van der Waals surface area contributed by atoms with Crippen molar-refractivity contribution in [3.8, 4) is 16.9 Å². The van der Waals surface area contributed by atoms with Crippen LogP contribution in [-0.2, 0) is 0 Å². The maximum Gasteiger partial charge on any atom is 0.182 e. The molecule has 2 aromatic heterocycles. The molecular weight excluding hydrogens is 254 g/mol. The van der Waals surface area contributed by atoms with E-state index in [2.05, 4.69) is 22.1 Å². The monoisotopic (exact) mass is 267 g/mol. The van der Waals surface area contributed by atoms with Crippen LogP contribution in [0.5, 0.6) is 0 Å². The maximum absolute atomic E-state index is 5.37. The average molecular weight is 267 g/mol. The second-order valence-electron chi connectivity index (χ2n) is 4.34. The number of nitrogens with one attached hydrogen (secondary N) is 1. The van der Waals surface area contributed by atoms with Crippen LogP contribution < -0.4 is 0 Å². The fourth-order valence-corrected chi connectivity index (χ4v) is 2.30. The Morgan fingerprint density at radius 1 is 1.11 bits per heavy atom. The highest BCUT2D eigenvalue weighted by Crippen LogP contribution is 2.22. The van der Waals surface area contributed by atoms with E-state index in [4.69, 9.17) is 12.2 Å². The van der Waals surface area contributed by atoms with Gasteiger partial charge >= 0.3 is 0 Å². The Morgan fingerprint density at radius 3 is 2.58 bits per heavy atom. The summed E-state index contributed by atoms with van der Waals surface area (Å²) in [6.07, 6.45) is 3.77. The third-order valence-corrected chi connectivity index (χ3v) is 3.30. The first-order chi connectivity index (χ1) is 9.25. The van der Waals surface area contributed by atoms with E-state index in [1.165, 1.54) is 0 Å². The molecule has 0 fully saturated rings. The SMILES string of the molecule is Cc1ccc(-n2c(-c3ccccc3)c[nH]c2=S)cn1. The number of rotatable bonds is 2. The van der Waals surface area contributed by atoms with Crippen LogP contribution in [0.15, 0.2) is 54.9 Å². The minimum Gasteiger partial charge on any atom is -0.336 e. The molecule has 0 saturated carbocycles. The third kappa shape index (κ3) is 2.22. The number of hydrogen-bond acceptors (Lipinski definition) is 2. The average Bonchev–Trinajstić information content (AvgIpc) is 2.83. The predicted molar refractivity (Wildman–Crippen MR) is 78.9 cm³/mol. The van der Waals surface area contributed by atoms with Gasteiger partial charge in [0.05, 0.1) is 17.6 Å². The predicted octanol–water partition coefficient (Wildman–Crippen LogP) is 3.91. The Morgan fingerprint density at radius 2 is 1.89 bits per heavy atom. The van der Waals surface area contributed by atoms with Gasteiger partial charge in [-0.3, -0.25) is 9.55 Å². The molecule has 1 aromatic carbocycles. The molecule has 0 aliphatic carbocycles. The number of benzene rings is 1. The highest BCUT2D eigenvalue weighted by atomic mass is 32.1. The molecule has 0 aliphatic rings. The van der Waals surface area contributed by atoms with Crippen molar-refractivity contribution in [2.45, 2.75) is 6.92 Å². The summed E-state index contributed by atoms with van der Waals surface area (Å²) in [6, 6.07) is 14.2. The molecule has 1 N–H and O–H groups in total. The van der Waals surface area contributed by atoms with Crippen LogP contribution >= 0.6 is 12.2 Å². The fraction of sp³-hybridized carbons (Fsp3) is 0.0667. The van der Waals surface area contributed by atoms with E-state index in [9.17, 15) is 0 Å². The van der Waals surface area contributed by atoms with E-state index < -0.39 is 0 Å². The molecular formula is C15H13N3S. The molecule has 0 amide bonds. The lowest BCUT2D eigenvalue weighted by molar-refractivity contribution is 1.01. The minimum atomic E-state index is 0.671. The number of aromatic amines is 1. The van der Waals surface area contributed by atoms with Crippen molar-refractivity contribution in [3.05, 3.63) is 65.3 Å². The van der Waals surface area contributed by atoms with E-state index in [1.54, 1.807) is 0 Å². The molecule has 4 heteroatoms. The van der Waals surface area contributed by atoms with Crippen LogP contribution in [0.1, 0.15) is 5.69 Å². The first-order valence-corrected chi connectivity index (χ1v) is 6.45. The number of nitrogens with zero attached hydrogens (tertiary/aromatic N) is 2. The zero-order valence-corrected chi connectivity index (χ0v) is 11.3.